The topological polar surface area (TPSA) is 15.3 Å². The number of rotatable bonds is 6. The molecule has 0 bridgehead atoms. The van der Waals surface area contributed by atoms with Gasteiger partial charge in [0.25, 0.3) is 0 Å². The molecular formula is C21H20BrCl2F5N2. The second-order valence-corrected chi connectivity index (χ2v) is 9.19. The third-order valence-electron chi connectivity index (χ3n) is 5.57. The van der Waals surface area contributed by atoms with Crippen LogP contribution in [0.15, 0.2) is 28.7 Å². The van der Waals surface area contributed by atoms with Crippen LogP contribution in [0.1, 0.15) is 30.9 Å². The fourth-order valence-corrected chi connectivity index (χ4v) is 4.79. The highest BCUT2D eigenvalue weighted by molar-refractivity contribution is 9.10. The molecule has 2 nitrogen and oxygen atoms in total. The van der Waals surface area contributed by atoms with Crippen molar-refractivity contribution in [1.29, 1.82) is 0 Å². The molecule has 1 atom stereocenters. The van der Waals surface area contributed by atoms with Crippen LogP contribution in [-0.4, -0.2) is 25.8 Å². The van der Waals surface area contributed by atoms with Gasteiger partial charge in [-0.2, -0.15) is 13.2 Å². The number of nitrogens with one attached hydrogen (secondary N) is 1. The lowest BCUT2D eigenvalue weighted by atomic mass is 9.78. The maximum Gasteiger partial charge on any atom is 0.400 e. The Labute approximate surface area is 195 Å². The summed E-state index contributed by atoms with van der Waals surface area (Å²) in [5.74, 6) is -2.70. The first-order valence-corrected chi connectivity index (χ1v) is 11.2. The van der Waals surface area contributed by atoms with Gasteiger partial charge in [-0.3, -0.25) is 0 Å². The molecule has 0 spiro atoms. The summed E-state index contributed by atoms with van der Waals surface area (Å²) in [7, 11) is 0. The average Bonchev–Trinajstić information content (AvgIpc) is 3.17. The second-order valence-electron chi connectivity index (χ2n) is 7.55. The van der Waals surface area contributed by atoms with E-state index in [1.165, 1.54) is 4.90 Å². The molecule has 31 heavy (non-hydrogen) atoms. The standard InChI is InChI=1S/C21H20BrCl2F5N2/c1-2-6-30-10-12-3-4-13(8-15(12)22)31-7-5-20(11-31,21(27,28)29)14-9-16(23)19(26)17(24)18(14)25/h3-4,8-9,30H,2,5-7,10-11H2,1H3. The zero-order chi connectivity index (χ0) is 23.0. The number of alkyl halides is 3. The zero-order valence-electron chi connectivity index (χ0n) is 16.5. The highest BCUT2D eigenvalue weighted by Crippen LogP contribution is 2.51. The smallest absolute Gasteiger partial charge is 0.370 e. The summed E-state index contributed by atoms with van der Waals surface area (Å²) >= 11 is 14.8. The molecule has 1 heterocycles. The van der Waals surface area contributed by atoms with Crippen molar-refractivity contribution < 1.29 is 22.0 Å². The van der Waals surface area contributed by atoms with Crippen molar-refractivity contribution in [3.8, 4) is 0 Å². The van der Waals surface area contributed by atoms with Crippen LogP contribution in [0.5, 0.6) is 0 Å². The van der Waals surface area contributed by atoms with Crippen LogP contribution in [-0.2, 0) is 12.0 Å². The summed E-state index contributed by atoms with van der Waals surface area (Å²) < 4.78 is 72.1. The average molecular weight is 546 g/mol. The van der Waals surface area contributed by atoms with Gasteiger partial charge in [-0.05, 0) is 43.1 Å². The van der Waals surface area contributed by atoms with Crippen molar-refractivity contribution in [2.24, 2.45) is 0 Å². The van der Waals surface area contributed by atoms with Crippen molar-refractivity contribution in [2.75, 3.05) is 24.5 Å². The van der Waals surface area contributed by atoms with Crippen LogP contribution in [0.25, 0.3) is 0 Å². The number of benzene rings is 2. The van der Waals surface area contributed by atoms with Gasteiger partial charge >= 0.3 is 6.18 Å². The van der Waals surface area contributed by atoms with E-state index in [4.69, 9.17) is 23.2 Å². The van der Waals surface area contributed by atoms with E-state index in [9.17, 15) is 22.0 Å². The molecular weight excluding hydrogens is 526 g/mol. The summed E-state index contributed by atoms with van der Waals surface area (Å²) in [6, 6.07) is 6.02. The van der Waals surface area contributed by atoms with Gasteiger partial charge in [0.1, 0.15) is 16.3 Å². The van der Waals surface area contributed by atoms with Crippen molar-refractivity contribution in [1.82, 2.24) is 5.32 Å². The summed E-state index contributed by atoms with van der Waals surface area (Å²) in [5.41, 5.74) is -1.76. The van der Waals surface area contributed by atoms with Gasteiger partial charge in [-0.1, -0.05) is 52.1 Å². The number of anilines is 1. The molecule has 1 aliphatic heterocycles. The van der Waals surface area contributed by atoms with Gasteiger partial charge in [0.05, 0.1) is 5.02 Å². The summed E-state index contributed by atoms with van der Waals surface area (Å²) in [6.07, 6.45) is -4.23. The number of hydrogen-bond acceptors (Lipinski definition) is 2. The normalized spacial score (nSPS) is 19.3. The van der Waals surface area contributed by atoms with Gasteiger partial charge in [0, 0.05) is 35.4 Å². The van der Waals surface area contributed by atoms with E-state index in [1.54, 1.807) is 12.1 Å². The Balaban J connectivity index is 1.95. The minimum absolute atomic E-state index is 0.0332. The molecule has 1 aliphatic rings. The third-order valence-corrected chi connectivity index (χ3v) is 6.92. The minimum Gasteiger partial charge on any atom is -0.370 e. The summed E-state index contributed by atoms with van der Waals surface area (Å²) in [5, 5.41) is 1.59. The summed E-state index contributed by atoms with van der Waals surface area (Å²) in [6.45, 7) is 3.02. The molecule has 0 radical (unpaired) electrons. The van der Waals surface area contributed by atoms with Crippen LogP contribution in [0, 0.1) is 11.6 Å². The second kappa shape index (κ2) is 9.41. The zero-order valence-corrected chi connectivity index (χ0v) is 19.6. The first kappa shape index (κ1) is 24.6. The molecule has 170 valence electrons. The van der Waals surface area contributed by atoms with Crippen molar-refractivity contribution in [2.45, 2.75) is 37.9 Å². The Hall–Kier alpha value is -1.09. The number of halogens is 8. The maximum atomic E-state index is 14.7. The lowest BCUT2D eigenvalue weighted by Gasteiger charge is -2.33. The van der Waals surface area contributed by atoms with Gasteiger partial charge < -0.3 is 10.2 Å². The maximum absolute atomic E-state index is 14.7. The highest BCUT2D eigenvalue weighted by Gasteiger charge is 2.60. The quantitative estimate of drug-likeness (QED) is 0.178. The Morgan fingerprint density at radius 3 is 2.48 bits per heavy atom. The van der Waals surface area contributed by atoms with Crippen molar-refractivity contribution >= 4 is 44.8 Å². The van der Waals surface area contributed by atoms with Gasteiger partial charge in [0.2, 0.25) is 0 Å². The van der Waals surface area contributed by atoms with E-state index in [-0.39, 0.29) is 6.54 Å². The Kier molecular flexibility index (Phi) is 7.46. The predicted molar refractivity (Wildman–Crippen MR) is 117 cm³/mol. The lowest BCUT2D eigenvalue weighted by molar-refractivity contribution is -0.185. The molecule has 0 aromatic heterocycles. The molecule has 2 aromatic rings. The van der Waals surface area contributed by atoms with Gasteiger partial charge in [-0.25, -0.2) is 8.78 Å². The Bertz CT molecular complexity index is 970. The SMILES string of the molecule is CCCNCc1ccc(N2CCC(c3cc(Cl)c(F)c(Cl)c3F)(C(F)(F)F)C2)cc1Br. The molecule has 3 rings (SSSR count). The van der Waals surface area contributed by atoms with E-state index in [1.807, 2.05) is 6.07 Å². The van der Waals surface area contributed by atoms with Crippen LogP contribution < -0.4 is 10.2 Å². The van der Waals surface area contributed by atoms with E-state index < -0.39 is 51.8 Å². The van der Waals surface area contributed by atoms with Gasteiger partial charge in [0.15, 0.2) is 5.82 Å². The first-order chi connectivity index (χ1) is 14.5. The van der Waals surface area contributed by atoms with E-state index in [0.717, 1.165) is 23.0 Å². The van der Waals surface area contributed by atoms with Crippen LogP contribution in [0.4, 0.5) is 27.6 Å². The van der Waals surface area contributed by atoms with Crippen LogP contribution in [0.2, 0.25) is 10.0 Å². The molecule has 1 saturated heterocycles. The largest absolute Gasteiger partial charge is 0.400 e. The fraction of sp³-hybridized carbons (Fsp3) is 0.429. The van der Waals surface area contributed by atoms with E-state index >= 15 is 0 Å². The van der Waals surface area contributed by atoms with Gasteiger partial charge in [-0.15, -0.1) is 0 Å². The van der Waals surface area contributed by atoms with E-state index in [0.29, 0.717) is 18.3 Å². The molecule has 1 N–H and O–H groups in total. The highest BCUT2D eigenvalue weighted by atomic mass is 79.9. The van der Waals surface area contributed by atoms with Crippen LogP contribution in [0.3, 0.4) is 0 Å². The monoisotopic (exact) mass is 544 g/mol. The summed E-state index contributed by atoms with van der Waals surface area (Å²) in [4.78, 5) is 1.53. The number of hydrogen-bond donors (Lipinski definition) is 1. The van der Waals surface area contributed by atoms with E-state index in [2.05, 4.69) is 28.2 Å². The molecule has 2 aromatic carbocycles. The Morgan fingerprint density at radius 2 is 1.87 bits per heavy atom. The Morgan fingerprint density at radius 1 is 1.16 bits per heavy atom. The molecule has 0 saturated carbocycles. The van der Waals surface area contributed by atoms with Crippen molar-refractivity contribution in [3.05, 3.63) is 61.5 Å². The molecule has 0 aliphatic carbocycles. The first-order valence-electron chi connectivity index (χ1n) is 9.66. The van der Waals surface area contributed by atoms with Crippen molar-refractivity contribution in [3.63, 3.8) is 0 Å². The fourth-order valence-electron chi connectivity index (χ4n) is 3.83. The molecule has 1 unspecified atom stereocenters. The molecule has 0 amide bonds. The minimum atomic E-state index is -4.80. The number of nitrogens with zero attached hydrogens (tertiary/aromatic N) is 1. The van der Waals surface area contributed by atoms with Crippen LogP contribution >= 0.6 is 39.1 Å². The third kappa shape index (κ3) is 4.68. The lowest BCUT2D eigenvalue weighted by Crippen LogP contribution is -2.45. The molecule has 10 heteroatoms. The molecule has 1 fully saturated rings. The predicted octanol–water partition coefficient (Wildman–Crippen LogP) is 7.24.